The van der Waals surface area contributed by atoms with Gasteiger partial charge >= 0.3 is 5.97 Å². The molecule has 0 aliphatic rings. The monoisotopic (exact) mass is 359 g/mol. The van der Waals surface area contributed by atoms with E-state index in [1.165, 1.54) is 18.2 Å². The van der Waals surface area contributed by atoms with Crippen LogP contribution in [0.25, 0.3) is 0 Å². The van der Waals surface area contributed by atoms with Gasteiger partial charge in [-0.2, -0.15) is 4.72 Å². The van der Waals surface area contributed by atoms with Gasteiger partial charge in [0.1, 0.15) is 6.04 Å². The number of nitrogens with one attached hydrogen (secondary N) is 1. The SMILES string of the molecule is CCCC[C@H](NS(=O)(=O)c1ccc(OCC)c(OCC)c1)C(=O)O. The average molecular weight is 359 g/mol. The van der Waals surface area contributed by atoms with Crippen LogP contribution in [0.1, 0.15) is 40.0 Å². The van der Waals surface area contributed by atoms with E-state index < -0.39 is 22.0 Å². The summed E-state index contributed by atoms with van der Waals surface area (Å²) < 4.78 is 38.0. The van der Waals surface area contributed by atoms with Gasteiger partial charge in [-0.25, -0.2) is 8.42 Å². The van der Waals surface area contributed by atoms with Crippen molar-refractivity contribution in [2.24, 2.45) is 0 Å². The van der Waals surface area contributed by atoms with Gasteiger partial charge in [0.2, 0.25) is 10.0 Å². The van der Waals surface area contributed by atoms with Gasteiger partial charge in [0, 0.05) is 6.07 Å². The maximum Gasteiger partial charge on any atom is 0.321 e. The highest BCUT2D eigenvalue weighted by Gasteiger charge is 2.25. The summed E-state index contributed by atoms with van der Waals surface area (Å²) in [5, 5.41) is 9.19. The zero-order valence-corrected chi connectivity index (χ0v) is 15.1. The molecule has 136 valence electrons. The molecular formula is C16H25NO6S. The van der Waals surface area contributed by atoms with E-state index in [0.29, 0.717) is 31.1 Å². The van der Waals surface area contributed by atoms with Gasteiger partial charge in [0.15, 0.2) is 11.5 Å². The number of benzene rings is 1. The second-order valence-corrected chi connectivity index (χ2v) is 6.84. The minimum absolute atomic E-state index is 0.0582. The van der Waals surface area contributed by atoms with Crippen molar-refractivity contribution in [1.82, 2.24) is 4.72 Å². The Labute approximate surface area is 143 Å². The van der Waals surface area contributed by atoms with Crippen molar-refractivity contribution in [3.05, 3.63) is 18.2 Å². The predicted octanol–water partition coefficient (Wildman–Crippen LogP) is 2.41. The molecule has 0 spiro atoms. The van der Waals surface area contributed by atoms with Crippen LogP contribution in [0, 0.1) is 0 Å². The summed E-state index contributed by atoms with van der Waals surface area (Å²) in [5.74, 6) is -0.440. The molecule has 24 heavy (non-hydrogen) atoms. The Balaban J connectivity index is 3.08. The second kappa shape index (κ2) is 9.48. The Bertz CT molecular complexity index is 644. The molecule has 0 bridgehead atoms. The van der Waals surface area contributed by atoms with Crippen LogP contribution in [0.15, 0.2) is 23.1 Å². The molecule has 0 heterocycles. The van der Waals surface area contributed by atoms with E-state index in [4.69, 9.17) is 9.47 Å². The number of rotatable bonds is 11. The van der Waals surface area contributed by atoms with Crippen molar-refractivity contribution in [1.29, 1.82) is 0 Å². The van der Waals surface area contributed by atoms with Crippen LogP contribution in [0.5, 0.6) is 11.5 Å². The lowest BCUT2D eigenvalue weighted by molar-refractivity contribution is -0.139. The fourth-order valence-corrected chi connectivity index (χ4v) is 3.33. The molecule has 0 saturated carbocycles. The van der Waals surface area contributed by atoms with Gasteiger partial charge < -0.3 is 14.6 Å². The summed E-state index contributed by atoms with van der Waals surface area (Å²) in [6.07, 6.45) is 1.64. The average Bonchev–Trinajstić information content (AvgIpc) is 2.53. The van der Waals surface area contributed by atoms with Crippen molar-refractivity contribution >= 4 is 16.0 Å². The second-order valence-electron chi connectivity index (χ2n) is 5.13. The zero-order valence-electron chi connectivity index (χ0n) is 14.2. The molecule has 1 atom stereocenters. The van der Waals surface area contributed by atoms with E-state index in [-0.39, 0.29) is 11.3 Å². The predicted molar refractivity (Wildman–Crippen MR) is 90.1 cm³/mol. The number of carbonyl (C=O) groups is 1. The summed E-state index contributed by atoms with van der Waals surface area (Å²) in [6.45, 7) is 6.27. The lowest BCUT2D eigenvalue weighted by atomic mass is 10.1. The van der Waals surface area contributed by atoms with E-state index in [9.17, 15) is 18.3 Å². The molecule has 1 aromatic rings. The van der Waals surface area contributed by atoms with Crippen LogP contribution in [-0.4, -0.2) is 38.7 Å². The maximum atomic E-state index is 12.5. The summed E-state index contributed by atoms with van der Waals surface area (Å²) in [4.78, 5) is 11.2. The molecule has 0 amide bonds. The molecule has 2 N–H and O–H groups in total. The van der Waals surface area contributed by atoms with Crippen LogP contribution in [0.3, 0.4) is 0 Å². The molecule has 0 aromatic heterocycles. The van der Waals surface area contributed by atoms with Gasteiger partial charge in [-0.15, -0.1) is 0 Å². The van der Waals surface area contributed by atoms with Crippen molar-refractivity contribution < 1.29 is 27.8 Å². The van der Waals surface area contributed by atoms with Crippen molar-refractivity contribution in [3.63, 3.8) is 0 Å². The minimum atomic E-state index is -3.97. The summed E-state index contributed by atoms with van der Waals surface area (Å²) in [5.41, 5.74) is 0. The van der Waals surface area contributed by atoms with Gasteiger partial charge in [-0.05, 0) is 32.4 Å². The number of hydrogen-bond donors (Lipinski definition) is 2. The number of ether oxygens (including phenoxy) is 2. The first-order valence-electron chi connectivity index (χ1n) is 8.00. The van der Waals surface area contributed by atoms with E-state index in [1.54, 1.807) is 6.92 Å². The Hall–Kier alpha value is -1.80. The lowest BCUT2D eigenvalue weighted by Gasteiger charge is -2.16. The molecule has 0 unspecified atom stereocenters. The topological polar surface area (TPSA) is 102 Å². The highest BCUT2D eigenvalue weighted by atomic mass is 32.2. The molecule has 0 fully saturated rings. The molecule has 0 saturated heterocycles. The summed E-state index contributed by atoms with van der Waals surface area (Å²) >= 11 is 0. The van der Waals surface area contributed by atoms with E-state index in [2.05, 4.69) is 4.72 Å². The van der Waals surface area contributed by atoms with Crippen molar-refractivity contribution in [2.75, 3.05) is 13.2 Å². The molecule has 1 rings (SSSR count). The lowest BCUT2D eigenvalue weighted by Crippen LogP contribution is -2.40. The number of carboxylic acid groups (broad SMARTS) is 1. The smallest absolute Gasteiger partial charge is 0.321 e. The summed E-state index contributed by atoms with van der Waals surface area (Å²) in [7, 11) is -3.97. The third-order valence-corrected chi connectivity index (χ3v) is 4.74. The van der Waals surface area contributed by atoms with E-state index >= 15 is 0 Å². The Morgan fingerprint density at radius 2 is 1.79 bits per heavy atom. The molecule has 7 nitrogen and oxygen atoms in total. The standard InChI is InChI=1S/C16H25NO6S/c1-4-7-8-13(16(18)19)17-24(20,21)12-9-10-14(22-5-2)15(11-12)23-6-3/h9-11,13,17H,4-8H2,1-3H3,(H,18,19)/t13-/m0/s1. The van der Waals surface area contributed by atoms with Crippen molar-refractivity contribution in [3.8, 4) is 11.5 Å². The van der Waals surface area contributed by atoms with E-state index in [1.807, 2.05) is 13.8 Å². The molecule has 0 aliphatic heterocycles. The molecule has 0 radical (unpaired) electrons. The van der Waals surface area contributed by atoms with Crippen LogP contribution >= 0.6 is 0 Å². The Kier molecular flexibility index (Phi) is 8.00. The van der Waals surface area contributed by atoms with Gasteiger partial charge in [0.25, 0.3) is 0 Å². The number of carboxylic acids is 1. The Morgan fingerprint density at radius 1 is 1.17 bits per heavy atom. The highest BCUT2D eigenvalue weighted by molar-refractivity contribution is 7.89. The first-order valence-corrected chi connectivity index (χ1v) is 9.48. The number of hydrogen-bond acceptors (Lipinski definition) is 5. The third kappa shape index (κ3) is 5.68. The number of sulfonamides is 1. The normalized spacial score (nSPS) is 12.6. The van der Waals surface area contributed by atoms with Gasteiger partial charge in [0.05, 0.1) is 18.1 Å². The minimum Gasteiger partial charge on any atom is -0.490 e. The largest absolute Gasteiger partial charge is 0.490 e. The molecule has 0 aliphatic carbocycles. The molecular weight excluding hydrogens is 334 g/mol. The quantitative estimate of drug-likeness (QED) is 0.629. The fourth-order valence-electron chi connectivity index (χ4n) is 2.09. The number of aliphatic carboxylic acids is 1. The zero-order chi connectivity index (χ0) is 18.2. The highest BCUT2D eigenvalue weighted by Crippen LogP contribution is 2.30. The fraction of sp³-hybridized carbons (Fsp3) is 0.562. The van der Waals surface area contributed by atoms with Gasteiger partial charge in [-0.3, -0.25) is 4.79 Å². The Morgan fingerprint density at radius 3 is 2.33 bits per heavy atom. The van der Waals surface area contributed by atoms with Crippen LogP contribution in [0.4, 0.5) is 0 Å². The maximum absolute atomic E-state index is 12.5. The third-order valence-electron chi connectivity index (χ3n) is 3.27. The van der Waals surface area contributed by atoms with Crippen molar-refractivity contribution in [2.45, 2.75) is 51.0 Å². The first-order chi connectivity index (χ1) is 11.4. The first kappa shape index (κ1) is 20.2. The molecule has 1 aromatic carbocycles. The van der Waals surface area contributed by atoms with Crippen LogP contribution in [0.2, 0.25) is 0 Å². The van der Waals surface area contributed by atoms with Gasteiger partial charge in [-0.1, -0.05) is 19.8 Å². The molecule has 8 heteroatoms. The van der Waals surface area contributed by atoms with Crippen LogP contribution in [-0.2, 0) is 14.8 Å². The van der Waals surface area contributed by atoms with E-state index in [0.717, 1.165) is 6.42 Å². The summed E-state index contributed by atoms with van der Waals surface area (Å²) in [6, 6.07) is 3.06. The number of unbranched alkanes of at least 4 members (excludes halogenated alkanes) is 1. The van der Waals surface area contributed by atoms with Crippen LogP contribution < -0.4 is 14.2 Å².